The number of halogens is 3. The van der Waals surface area contributed by atoms with Crippen LogP contribution >= 0.6 is 0 Å². The number of ether oxygens (including phenoxy) is 3. The first-order chi connectivity index (χ1) is 12.4. The number of rotatable bonds is 3. The quantitative estimate of drug-likeness (QED) is 0.732. The average molecular weight is 389 g/mol. The smallest absolute Gasteiger partial charge is 0.416 e. The molecular weight excluding hydrogens is 367 g/mol. The second kappa shape index (κ2) is 7.28. The molecule has 9 heteroatoms. The van der Waals surface area contributed by atoms with Crippen LogP contribution in [0.4, 0.5) is 18.0 Å². The molecule has 0 spiro atoms. The van der Waals surface area contributed by atoms with Crippen molar-refractivity contribution in [3.05, 3.63) is 29.8 Å². The normalized spacial score (nSPS) is 20.3. The summed E-state index contributed by atoms with van der Waals surface area (Å²) in [4.78, 5) is 26.1. The third kappa shape index (κ3) is 4.64. The molecule has 1 fully saturated rings. The fourth-order valence-electron chi connectivity index (χ4n) is 2.77. The van der Waals surface area contributed by atoms with Gasteiger partial charge in [-0.15, -0.1) is 0 Å². The number of likely N-dealkylation sites (tertiary alicyclic amines) is 1. The Bertz CT molecular complexity index is 696. The monoisotopic (exact) mass is 389 g/mol. The van der Waals surface area contributed by atoms with Gasteiger partial charge in [-0.1, -0.05) is 0 Å². The van der Waals surface area contributed by atoms with Crippen molar-refractivity contribution in [1.82, 2.24) is 4.90 Å². The molecule has 1 aliphatic rings. The molecule has 1 aromatic carbocycles. The minimum atomic E-state index is -4.49. The van der Waals surface area contributed by atoms with Crippen molar-refractivity contribution < 1.29 is 37.0 Å². The maximum absolute atomic E-state index is 12.7. The summed E-state index contributed by atoms with van der Waals surface area (Å²) < 4.78 is 54.0. The highest BCUT2D eigenvalue weighted by Gasteiger charge is 2.55. The Hall–Kier alpha value is -2.45. The summed E-state index contributed by atoms with van der Waals surface area (Å²) in [5, 5.41) is 0. The van der Waals surface area contributed by atoms with Gasteiger partial charge in [0.25, 0.3) is 5.72 Å². The number of hydrogen-bond acceptors (Lipinski definition) is 5. The molecule has 0 bridgehead atoms. The van der Waals surface area contributed by atoms with E-state index in [0.717, 1.165) is 36.3 Å². The predicted molar refractivity (Wildman–Crippen MR) is 89.0 cm³/mol. The van der Waals surface area contributed by atoms with E-state index in [0.29, 0.717) is 6.42 Å². The zero-order valence-corrected chi connectivity index (χ0v) is 15.6. The summed E-state index contributed by atoms with van der Waals surface area (Å²) in [6, 6.07) is 3.87. The lowest BCUT2D eigenvalue weighted by Gasteiger charge is -2.36. The second-order valence-corrected chi connectivity index (χ2v) is 7.14. The lowest BCUT2D eigenvalue weighted by atomic mass is 10.1. The van der Waals surface area contributed by atoms with Gasteiger partial charge >= 0.3 is 18.2 Å². The minimum Gasteiger partial charge on any atom is -0.465 e. The molecule has 1 amide bonds. The molecule has 0 aliphatic carbocycles. The van der Waals surface area contributed by atoms with Gasteiger partial charge in [-0.3, -0.25) is 4.90 Å². The highest BCUT2D eigenvalue weighted by atomic mass is 19.4. The Morgan fingerprint density at radius 1 is 1.11 bits per heavy atom. The first-order valence-corrected chi connectivity index (χ1v) is 8.34. The first-order valence-electron chi connectivity index (χ1n) is 8.34. The van der Waals surface area contributed by atoms with Gasteiger partial charge in [0.05, 0.1) is 12.7 Å². The van der Waals surface area contributed by atoms with E-state index in [4.69, 9.17) is 14.2 Å². The van der Waals surface area contributed by atoms with Gasteiger partial charge < -0.3 is 14.2 Å². The number of carbonyl (C=O) groups is 2. The highest BCUT2D eigenvalue weighted by Crippen LogP contribution is 2.36. The molecule has 1 heterocycles. The van der Waals surface area contributed by atoms with E-state index in [-0.39, 0.29) is 18.7 Å². The number of alkyl halides is 3. The maximum Gasteiger partial charge on any atom is 0.416 e. The Balaban J connectivity index is 2.33. The van der Waals surface area contributed by atoms with Crippen molar-refractivity contribution in [2.45, 2.75) is 51.1 Å². The predicted octanol–water partition coefficient (Wildman–Crippen LogP) is 3.98. The van der Waals surface area contributed by atoms with E-state index >= 15 is 0 Å². The molecule has 0 unspecified atom stereocenters. The molecule has 150 valence electrons. The Kier molecular flexibility index (Phi) is 5.63. The summed E-state index contributed by atoms with van der Waals surface area (Å²) in [5.41, 5.74) is -3.44. The molecule has 2 rings (SSSR count). The third-order valence-corrected chi connectivity index (χ3v) is 3.92. The molecule has 0 N–H and O–H groups in total. The van der Waals surface area contributed by atoms with Crippen molar-refractivity contribution in [3.63, 3.8) is 0 Å². The zero-order chi connectivity index (χ0) is 20.5. The summed E-state index contributed by atoms with van der Waals surface area (Å²) in [6.07, 6.45) is -4.69. The molecule has 1 aromatic rings. The molecule has 27 heavy (non-hydrogen) atoms. The lowest BCUT2D eigenvalue weighted by molar-refractivity contribution is -0.173. The maximum atomic E-state index is 12.7. The van der Waals surface area contributed by atoms with Crippen LogP contribution in [0.25, 0.3) is 0 Å². The van der Waals surface area contributed by atoms with Crippen LogP contribution in [0, 0.1) is 0 Å². The topological polar surface area (TPSA) is 65.1 Å². The van der Waals surface area contributed by atoms with E-state index in [2.05, 4.69) is 0 Å². The van der Waals surface area contributed by atoms with Crippen LogP contribution in [0.1, 0.15) is 39.2 Å². The average Bonchev–Trinajstić information content (AvgIpc) is 2.97. The molecule has 1 aliphatic heterocycles. The number of nitrogens with zero attached hydrogens (tertiary/aromatic N) is 1. The van der Waals surface area contributed by atoms with E-state index in [1.54, 1.807) is 20.8 Å². The van der Waals surface area contributed by atoms with Gasteiger partial charge in [-0.05, 0) is 51.5 Å². The van der Waals surface area contributed by atoms with Crippen LogP contribution in [0.2, 0.25) is 0 Å². The van der Waals surface area contributed by atoms with Crippen molar-refractivity contribution in [3.8, 4) is 5.75 Å². The summed E-state index contributed by atoms with van der Waals surface area (Å²) in [6.45, 7) is 5.22. The fraction of sp³-hybridized carbons (Fsp3) is 0.556. The molecular formula is C18H22F3NO5. The van der Waals surface area contributed by atoms with Crippen LogP contribution in [0.15, 0.2) is 24.3 Å². The van der Waals surface area contributed by atoms with Gasteiger partial charge in [-0.25, -0.2) is 9.59 Å². The van der Waals surface area contributed by atoms with Crippen LogP contribution in [0.3, 0.4) is 0 Å². The minimum absolute atomic E-state index is 0.00357. The van der Waals surface area contributed by atoms with E-state index in [9.17, 15) is 22.8 Å². The standard InChI is InChI=1S/C18H22F3NO5/c1-16(2,3)27-15(24)22-11-5-10-17(22,14(23)25-4)26-13-8-6-12(7-9-13)18(19,20)21/h6-9H,5,10-11H2,1-4H3/t17-/m0/s1. The number of benzene rings is 1. The van der Waals surface area contributed by atoms with Crippen LogP contribution in [0.5, 0.6) is 5.75 Å². The Morgan fingerprint density at radius 2 is 1.70 bits per heavy atom. The van der Waals surface area contributed by atoms with Gasteiger partial charge in [0, 0.05) is 13.0 Å². The number of esters is 1. The molecule has 0 saturated carbocycles. The number of hydrogen-bond donors (Lipinski definition) is 0. The highest BCUT2D eigenvalue weighted by molar-refractivity contribution is 5.85. The first kappa shape index (κ1) is 20.9. The molecule has 1 atom stereocenters. The lowest BCUT2D eigenvalue weighted by Crippen LogP contribution is -2.58. The molecule has 0 aromatic heterocycles. The molecule has 1 saturated heterocycles. The van der Waals surface area contributed by atoms with Gasteiger partial charge in [0.1, 0.15) is 11.4 Å². The Labute approximate surface area is 155 Å². The summed E-state index contributed by atoms with van der Waals surface area (Å²) in [7, 11) is 1.14. The third-order valence-electron chi connectivity index (χ3n) is 3.92. The fourth-order valence-corrected chi connectivity index (χ4v) is 2.77. The van der Waals surface area contributed by atoms with Gasteiger partial charge in [-0.2, -0.15) is 13.2 Å². The number of methoxy groups -OCH3 is 1. The van der Waals surface area contributed by atoms with Gasteiger partial charge in [0.15, 0.2) is 0 Å². The number of amides is 1. The SMILES string of the molecule is COC(=O)[C@@]1(Oc2ccc(C(F)(F)F)cc2)CCCN1C(=O)OC(C)(C)C. The number of carbonyl (C=O) groups excluding carboxylic acids is 2. The Morgan fingerprint density at radius 3 is 2.19 bits per heavy atom. The van der Waals surface area contributed by atoms with Crippen molar-refractivity contribution >= 4 is 12.1 Å². The van der Waals surface area contributed by atoms with Crippen molar-refractivity contribution in [2.24, 2.45) is 0 Å². The van der Waals surface area contributed by atoms with E-state index in [1.165, 1.54) is 0 Å². The zero-order valence-electron chi connectivity index (χ0n) is 15.6. The van der Waals surface area contributed by atoms with E-state index in [1.807, 2.05) is 0 Å². The van der Waals surface area contributed by atoms with Crippen LogP contribution in [-0.4, -0.2) is 41.9 Å². The van der Waals surface area contributed by atoms with Crippen LogP contribution in [-0.2, 0) is 20.4 Å². The molecule has 6 nitrogen and oxygen atoms in total. The van der Waals surface area contributed by atoms with E-state index < -0.39 is 35.1 Å². The molecule has 0 radical (unpaired) electrons. The summed E-state index contributed by atoms with van der Waals surface area (Å²) >= 11 is 0. The summed E-state index contributed by atoms with van der Waals surface area (Å²) in [5.74, 6) is -0.824. The second-order valence-electron chi connectivity index (χ2n) is 7.14. The van der Waals surface area contributed by atoms with Crippen molar-refractivity contribution in [2.75, 3.05) is 13.7 Å². The largest absolute Gasteiger partial charge is 0.465 e. The van der Waals surface area contributed by atoms with Crippen molar-refractivity contribution in [1.29, 1.82) is 0 Å². The van der Waals surface area contributed by atoms with Gasteiger partial charge in [0.2, 0.25) is 0 Å². The van der Waals surface area contributed by atoms with Crippen LogP contribution < -0.4 is 4.74 Å².